The maximum Gasteiger partial charge on any atom is 0.320 e. The van der Waals surface area contributed by atoms with Crippen LogP contribution in [0.3, 0.4) is 0 Å². The number of rotatable bonds is 0. The minimum Gasteiger partial charge on any atom is -0.351 e. The summed E-state index contributed by atoms with van der Waals surface area (Å²) in [5.74, 6) is 0. The Hall–Kier alpha value is -1.56. The zero-order valence-electron chi connectivity index (χ0n) is 6.19. The van der Waals surface area contributed by atoms with Gasteiger partial charge in [-0.1, -0.05) is 12.1 Å². The van der Waals surface area contributed by atoms with E-state index in [1.165, 1.54) is 0 Å². The van der Waals surface area contributed by atoms with Crippen LogP contribution >= 0.6 is 11.3 Å². The van der Waals surface area contributed by atoms with Crippen molar-refractivity contribution in [2.45, 2.75) is 0 Å². The Morgan fingerprint density at radius 2 is 1.50 bits per heavy atom. The molecule has 1 aromatic heterocycles. The number of primary amides is 2. The lowest BCUT2D eigenvalue weighted by Crippen LogP contribution is -2.38. The van der Waals surface area contributed by atoms with Crippen molar-refractivity contribution in [3.8, 4) is 0 Å². The van der Waals surface area contributed by atoms with Crippen molar-refractivity contribution in [2.24, 2.45) is 11.5 Å². The van der Waals surface area contributed by atoms with Crippen LogP contribution in [0.5, 0.6) is 0 Å². The van der Waals surface area contributed by atoms with E-state index < -0.39 is 12.1 Å². The maximum absolute atomic E-state index is 9.62. The van der Waals surface area contributed by atoms with Crippen LogP contribution in [0.25, 0.3) is 0 Å². The summed E-state index contributed by atoms with van der Waals surface area (Å²) < 4.78 is 0. The van der Waals surface area contributed by atoms with Gasteiger partial charge in [0.05, 0.1) is 0 Å². The number of carbonyl (C=O) groups is 2. The molecule has 0 aromatic carbocycles. The van der Waals surface area contributed by atoms with Crippen molar-refractivity contribution in [3.63, 3.8) is 0 Å². The fourth-order valence-electron chi connectivity index (χ4n) is 0.348. The number of nitrogens with two attached hydrogens (primary N) is 2. The SMILES string of the molecule is NC(=O)NC(N)=O.c1ccsc1. The highest BCUT2D eigenvalue weighted by atomic mass is 32.1. The van der Waals surface area contributed by atoms with Crippen LogP contribution in [-0.2, 0) is 0 Å². The molecule has 5 N–H and O–H groups in total. The van der Waals surface area contributed by atoms with Gasteiger partial charge in [-0.2, -0.15) is 11.3 Å². The molecular weight excluding hydrogens is 178 g/mol. The predicted octanol–water partition coefficient (Wildman–Crippen LogP) is 0.481. The second-order valence-corrected chi connectivity index (χ2v) is 2.46. The summed E-state index contributed by atoms with van der Waals surface area (Å²) in [6, 6.07) is 2.16. The summed E-state index contributed by atoms with van der Waals surface area (Å²) in [6.07, 6.45) is 0. The average Bonchev–Trinajstić information content (AvgIpc) is 2.36. The van der Waals surface area contributed by atoms with Crippen LogP contribution in [0.15, 0.2) is 22.9 Å². The highest BCUT2D eigenvalue weighted by Gasteiger charge is 1.92. The molecule has 0 aliphatic rings. The number of nitrogens with one attached hydrogen (secondary N) is 1. The van der Waals surface area contributed by atoms with Gasteiger partial charge in [-0.3, -0.25) is 5.32 Å². The molecule has 0 spiro atoms. The highest BCUT2D eigenvalue weighted by Crippen LogP contribution is 1.91. The maximum atomic E-state index is 9.62. The quantitative estimate of drug-likeness (QED) is 0.550. The first kappa shape index (κ1) is 10.4. The monoisotopic (exact) mass is 187 g/mol. The molecule has 4 amide bonds. The van der Waals surface area contributed by atoms with Crippen LogP contribution < -0.4 is 16.8 Å². The number of amides is 4. The van der Waals surface area contributed by atoms with Gasteiger partial charge in [-0.25, -0.2) is 9.59 Å². The fourth-order valence-corrected chi connectivity index (χ4v) is 0.802. The van der Waals surface area contributed by atoms with Gasteiger partial charge in [0.1, 0.15) is 0 Å². The molecule has 0 aliphatic heterocycles. The van der Waals surface area contributed by atoms with E-state index in [2.05, 4.69) is 11.5 Å². The molecule has 0 bridgehead atoms. The first-order valence-electron chi connectivity index (χ1n) is 2.96. The number of hydrogen-bond donors (Lipinski definition) is 3. The van der Waals surface area contributed by atoms with E-state index in [0.717, 1.165) is 0 Å². The van der Waals surface area contributed by atoms with Crippen molar-refractivity contribution < 1.29 is 9.59 Å². The predicted molar refractivity (Wildman–Crippen MR) is 46.6 cm³/mol. The molecule has 0 saturated carbocycles. The summed E-state index contributed by atoms with van der Waals surface area (Å²) in [5, 5.41) is 5.67. The molecule has 0 atom stereocenters. The molecule has 0 unspecified atom stereocenters. The van der Waals surface area contributed by atoms with Gasteiger partial charge in [0.2, 0.25) is 0 Å². The van der Waals surface area contributed by atoms with E-state index in [-0.39, 0.29) is 0 Å². The summed E-state index contributed by atoms with van der Waals surface area (Å²) >= 11 is 1.71. The van der Waals surface area contributed by atoms with Crippen molar-refractivity contribution in [3.05, 3.63) is 22.9 Å². The third-order valence-corrected chi connectivity index (χ3v) is 1.30. The topological polar surface area (TPSA) is 98.2 Å². The Labute approximate surface area is 73.4 Å². The summed E-state index contributed by atoms with van der Waals surface area (Å²) in [5.41, 5.74) is 8.88. The molecular formula is C6H9N3O2S. The van der Waals surface area contributed by atoms with Gasteiger partial charge in [-0.05, 0) is 10.8 Å². The number of urea groups is 2. The standard InChI is InChI=1S/C4H4S.C2H5N3O2/c1-2-4-5-3-1;3-1(6)5-2(4)7/h1-4H;(H5,3,4,5,6,7). The van der Waals surface area contributed by atoms with Crippen LogP contribution in [0.4, 0.5) is 9.59 Å². The summed E-state index contributed by atoms with van der Waals surface area (Å²) in [6.45, 7) is 0. The highest BCUT2D eigenvalue weighted by molar-refractivity contribution is 7.07. The molecule has 1 aromatic rings. The van der Waals surface area contributed by atoms with Crippen molar-refractivity contribution >= 4 is 23.4 Å². The zero-order chi connectivity index (χ0) is 9.40. The van der Waals surface area contributed by atoms with Crippen LogP contribution in [0.2, 0.25) is 0 Å². The van der Waals surface area contributed by atoms with Crippen molar-refractivity contribution in [1.29, 1.82) is 0 Å². The Kier molecular flexibility index (Phi) is 5.37. The smallest absolute Gasteiger partial charge is 0.320 e. The molecule has 1 rings (SSSR count). The first-order chi connectivity index (χ1) is 5.63. The second kappa shape index (κ2) is 6.17. The van der Waals surface area contributed by atoms with Gasteiger partial charge in [-0.15, -0.1) is 0 Å². The molecule has 66 valence electrons. The van der Waals surface area contributed by atoms with E-state index in [1.54, 1.807) is 16.7 Å². The molecule has 0 radical (unpaired) electrons. The van der Waals surface area contributed by atoms with Crippen LogP contribution in [0, 0.1) is 0 Å². The van der Waals surface area contributed by atoms with E-state index in [9.17, 15) is 9.59 Å². The normalized spacial score (nSPS) is 7.67. The van der Waals surface area contributed by atoms with Crippen LogP contribution in [0.1, 0.15) is 0 Å². The Balaban J connectivity index is 0.000000211. The van der Waals surface area contributed by atoms with Gasteiger partial charge < -0.3 is 11.5 Å². The summed E-state index contributed by atoms with van der Waals surface area (Å²) in [4.78, 5) is 19.2. The third kappa shape index (κ3) is 8.44. The minimum absolute atomic E-state index is 0.937. The minimum atomic E-state index is -0.938. The first-order valence-corrected chi connectivity index (χ1v) is 3.90. The Bertz CT molecular complexity index is 206. The lowest BCUT2D eigenvalue weighted by Gasteiger charge is -1.88. The van der Waals surface area contributed by atoms with Gasteiger partial charge in [0, 0.05) is 0 Å². The van der Waals surface area contributed by atoms with E-state index in [0.29, 0.717) is 0 Å². The second-order valence-electron chi connectivity index (χ2n) is 1.65. The summed E-state index contributed by atoms with van der Waals surface area (Å²) in [7, 11) is 0. The Morgan fingerprint density at radius 3 is 1.58 bits per heavy atom. The van der Waals surface area contributed by atoms with Gasteiger partial charge >= 0.3 is 12.1 Å². The van der Waals surface area contributed by atoms with Crippen LogP contribution in [-0.4, -0.2) is 12.1 Å². The molecule has 5 nitrogen and oxygen atoms in total. The Morgan fingerprint density at radius 1 is 1.08 bits per heavy atom. The molecule has 6 heteroatoms. The fraction of sp³-hybridized carbons (Fsp3) is 0. The molecule has 0 saturated heterocycles. The lowest BCUT2D eigenvalue weighted by atomic mass is 10.7. The lowest BCUT2D eigenvalue weighted by molar-refractivity contribution is 0.236. The van der Waals surface area contributed by atoms with Crippen molar-refractivity contribution in [1.82, 2.24) is 5.32 Å². The number of hydrogen-bond acceptors (Lipinski definition) is 3. The van der Waals surface area contributed by atoms with E-state index >= 15 is 0 Å². The average molecular weight is 187 g/mol. The number of imide groups is 1. The van der Waals surface area contributed by atoms with Gasteiger partial charge in [0.15, 0.2) is 0 Å². The van der Waals surface area contributed by atoms with E-state index in [4.69, 9.17) is 0 Å². The molecule has 0 fully saturated rings. The van der Waals surface area contributed by atoms with E-state index in [1.807, 2.05) is 22.9 Å². The largest absolute Gasteiger partial charge is 0.351 e. The number of thiophene rings is 1. The molecule has 1 heterocycles. The molecule has 0 aliphatic carbocycles. The third-order valence-electron chi connectivity index (χ3n) is 0.672. The molecule has 12 heavy (non-hydrogen) atoms. The zero-order valence-corrected chi connectivity index (χ0v) is 7.01. The number of carbonyl (C=O) groups excluding carboxylic acids is 2. The van der Waals surface area contributed by atoms with Crippen molar-refractivity contribution in [2.75, 3.05) is 0 Å². The van der Waals surface area contributed by atoms with Gasteiger partial charge in [0.25, 0.3) is 0 Å².